The van der Waals surface area contributed by atoms with Gasteiger partial charge in [0.05, 0.1) is 34.6 Å². The number of carbonyl (C=O) groups excluding carboxylic acids is 1. The maximum atomic E-state index is 13.9. The summed E-state index contributed by atoms with van der Waals surface area (Å²) >= 11 is 1.26. The van der Waals surface area contributed by atoms with Crippen LogP contribution in [0.2, 0.25) is 0 Å². The number of carbonyl (C=O) groups is 1. The van der Waals surface area contributed by atoms with Crippen molar-refractivity contribution < 1.29 is 14.6 Å². The largest absolute Gasteiger partial charge is 0.504 e. The van der Waals surface area contributed by atoms with Gasteiger partial charge in [0.1, 0.15) is 0 Å². The number of hydrogen-bond acceptors (Lipinski definition) is 7. The number of anilines is 1. The number of hydrogen-bond donors (Lipinski definition) is 2. The SMILES string of the molecule is CCn1cc(C=c2sc3n(c2=O)C(c2ccc(O)c(OC)c2)C(C(=O)Nc2ccccc2)=C(C)N=3)c(C)n1. The van der Waals surface area contributed by atoms with Crippen molar-refractivity contribution in [3.8, 4) is 11.5 Å². The quantitative estimate of drug-likeness (QED) is 0.399. The van der Waals surface area contributed by atoms with Gasteiger partial charge in [-0.1, -0.05) is 35.6 Å². The number of allylic oxidation sites excluding steroid dienone is 1. The first-order valence-corrected chi connectivity index (χ1v) is 12.9. The fraction of sp³-hybridized carbons (Fsp3) is 0.214. The number of para-hydroxylation sites is 1. The normalized spacial score (nSPS) is 15.3. The molecule has 0 aliphatic carbocycles. The standard InChI is InChI=1S/C28H27N5O4S/c1-5-32-15-19(16(2)31-32)14-23-27(36)33-25(18-11-12-21(34)22(13-18)37-4)24(17(3)29-28(33)38-23)26(35)30-20-9-7-6-8-10-20/h6-15,25,34H,5H2,1-4H3,(H,30,35). The van der Waals surface area contributed by atoms with Gasteiger partial charge in [-0.3, -0.25) is 18.8 Å². The number of nitrogens with one attached hydrogen (secondary N) is 1. The number of nitrogens with zero attached hydrogens (tertiary/aromatic N) is 4. The molecule has 5 rings (SSSR count). The third-order valence-corrected chi connectivity index (χ3v) is 7.40. The Balaban J connectivity index is 1.70. The van der Waals surface area contributed by atoms with Crippen LogP contribution in [0.5, 0.6) is 11.5 Å². The summed E-state index contributed by atoms with van der Waals surface area (Å²) < 4.78 is 9.17. The van der Waals surface area contributed by atoms with E-state index in [1.807, 2.05) is 49.0 Å². The predicted octanol–water partition coefficient (Wildman–Crippen LogP) is 3.11. The highest BCUT2D eigenvalue weighted by atomic mass is 32.1. The van der Waals surface area contributed by atoms with Gasteiger partial charge in [0, 0.05) is 24.0 Å². The van der Waals surface area contributed by atoms with Gasteiger partial charge in [0.15, 0.2) is 16.3 Å². The van der Waals surface area contributed by atoms with Crippen LogP contribution in [0.3, 0.4) is 0 Å². The molecule has 2 N–H and O–H groups in total. The number of methoxy groups -OCH3 is 1. The van der Waals surface area contributed by atoms with Gasteiger partial charge in [-0.15, -0.1) is 0 Å². The number of aromatic nitrogens is 3. The van der Waals surface area contributed by atoms with Crippen LogP contribution in [0.15, 0.2) is 75.8 Å². The van der Waals surface area contributed by atoms with Crippen LogP contribution in [0.25, 0.3) is 6.08 Å². The summed E-state index contributed by atoms with van der Waals surface area (Å²) in [7, 11) is 1.45. The Bertz CT molecular complexity index is 1750. The second kappa shape index (κ2) is 10.1. The Kier molecular flexibility index (Phi) is 6.73. The number of rotatable bonds is 6. The number of phenols is 1. The van der Waals surface area contributed by atoms with Gasteiger partial charge in [0.25, 0.3) is 11.5 Å². The summed E-state index contributed by atoms with van der Waals surface area (Å²) in [5, 5.41) is 17.6. The van der Waals surface area contributed by atoms with Crippen LogP contribution in [-0.4, -0.2) is 32.5 Å². The molecule has 10 heteroatoms. The van der Waals surface area contributed by atoms with E-state index in [1.165, 1.54) is 29.1 Å². The average molecular weight is 530 g/mol. The Morgan fingerprint density at radius 1 is 1.21 bits per heavy atom. The summed E-state index contributed by atoms with van der Waals surface area (Å²) in [6.07, 6.45) is 3.72. The minimum absolute atomic E-state index is 0.0388. The summed E-state index contributed by atoms with van der Waals surface area (Å²) in [5.41, 5.74) is 3.45. The number of phenolic OH excluding ortho intramolecular Hbond substituents is 1. The van der Waals surface area contributed by atoms with Crippen molar-refractivity contribution in [3.63, 3.8) is 0 Å². The Morgan fingerprint density at radius 3 is 2.66 bits per heavy atom. The molecule has 4 aromatic rings. The number of ether oxygens (including phenoxy) is 1. The lowest BCUT2D eigenvalue weighted by Gasteiger charge is -2.25. The first-order valence-electron chi connectivity index (χ1n) is 12.1. The molecule has 0 fully saturated rings. The lowest BCUT2D eigenvalue weighted by Crippen LogP contribution is -2.40. The number of aryl methyl sites for hydroxylation is 2. The van der Waals surface area contributed by atoms with Crippen LogP contribution in [0.1, 0.15) is 36.7 Å². The molecule has 0 spiro atoms. The second-order valence-corrected chi connectivity index (χ2v) is 9.87. The summed E-state index contributed by atoms with van der Waals surface area (Å²) in [4.78, 5) is 32.7. The topological polar surface area (TPSA) is 111 Å². The molecule has 194 valence electrons. The first kappa shape index (κ1) is 25.2. The molecule has 0 saturated heterocycles. The number of amides is 1. The summed E-state index contributed by atoms with van der Waals surface area (Å²) in [6, 6.07) is 13.1. The van der Waals surface area contributed by atoms with Crippen LogP contribution in [0, 0.1) is 6.92 Å². The number of thiazole rings is 1. The van der Waals surface area contributed by atoms with Gasteiger partial charge in [-0.2, -0.15) is 5.10 Å². The van der Waals surface area contributed by atoms with Crippen molar-refractivity contribution in [1.82, 2.24) is 14.3 Å². The predicted molar refractivity (Wildman–Crippen MR) is 146 cm³/mol. The molecule has 1 atom stereocenters. The molecule has 2 aromatic carbocycles. The van der Waals surface area contributed by atoms with E-state index >= 15 is 0 Å². The van der Waals surface area contributed by atoms with Crippen molar-refractivity contribution >= 4 is 29.0 Å². The molecule has 2 aromatic heterocycles. The zero-order chi connectivity index (χ0) is 27.0. The van der Waals surface area contributed by atoms with Gasteiger partial charge in [0.2, 0.25) is 0 Å². The van der Waals surface area contributed by atoms with Gasteiger partial charge >= 0.3 is 0 Å². The molecule has 1 aliphatic heterocycles. The summed E-state index contributed by atoms with van der Waals surface area (Å²) in [5.74, 6) is -0.170. The number of benzene rings is 2. The Labute approximate surface area is 222 Å². The first-order chi connectivity index (χ1) is 18.3. The van der Waals surface area contributed by atoms with Crippen molar-refractivity contribution in [2.45, 2.75) is 33.4 Å². The van der Waals surface area contributed by atoms with Crippen molar-refractivity contribution in [2.75, 3.05) is 12.4 Å². The highest BCUT2D eigenvalue weighted by molar-refractivity contribution is 7.07. The molecule has 1 unspecified atom stereocenters. The maximum absolute atomic E-state index is 13.9. The monoisotopic (exact) mass is 529 g/mol. The molecular formula is C28H27N5O4S. The van der Waals surface area contributed by atoms with Gasteiger partial charge in [-0.05, 0) is 56.7 Å². The van der Waals surface area contributed by atoms with Crippen LogP contribution >= 0.6 is 11.3 Å². The lowest BCUT2D eigenvalue weighted by atomic mass is 9.94. The molecule has 1 amide bonds. The number of aromatic hydroxyl groups is 1. The Morgan fingerprint density at radius 2 is 1.97 bits per heavy atom. The van der Waals surface area contributed by atoms with Crippen molar-refractivity contribution in [2.24, 2.45) is 4.99 Å². The second-order valence-electron chi connectivity index (χ2n) is 8.86. The van der Waals surface area contributed by atoms with E-state index in [0.29, 0.717) is 31.9 Å². The zero-order valence-corrected chi connectivity index (χ0v) is 22.2. The fourth-order valence-electron chi connectivity index (χ4n) is 4.49. The van der Waals surface area contributed by atoms with Gasteiger partial charge in [-0.25, -0.2) is 4.99 Å². The molecule has 0 saturated carbocycles. The molecule has 1 aliphatic rings. The third-order valence-electron chi connectivity index (χ3n) is 6.41. The van der Waals surface area contributed by atoms with E-state index in [2.05, 4.69) is 15.4 Å². The van der Waals surface area contributed by atoms with Crippen LogP contribution in [-0.2, 0) is 11.3 Å². The average Bonchev–Trinajstić information content (AvgIpc) is 3.42. The van der Waals surface area contributed by atoms with Crippen LogP contribution in [0.4, 0.5) is 5.69 Å². The minimum Gasteiger partial charge on any atom is -0.504 e. The molecule has 9 nitrogen and oxygen atoms in total. The molecule has 38 heavy (non-hydrogen) atoms. The Hall–Kier alpha value is -4.44. The van der Waals surface area contributed by atoms with Crippen molar-refractivity contribution in [1.29, 1.82) is 0 Å². The van der Waals surface area contributed by atoms with E-state index in [-0.39, 0.29) is 23.0 Å². The molecule has 3 heterocycles. The maximum Gasteiger partial charge on any atom is 0.271 e. The summed E-state index contributed by atoms with van der Waals surface area (Å²) in [6.45, 7) is 6.38. The van der Waals surface area contributed by atoms with E-state index in [1.54, 1.807) is 31.2 Å². The number of fused-ring (bicyclic) bond motifs is 1. The highest BCUT2D eigenvalue weighted by Crippen LogP contribution is 2.35. The van der Waals surface area contributed by atoms with E-state index < -0.39 is 6.04 Å². The molecule has 0 bridgehead atoms. The molecule has 0 radical (unpaired) electrons. The van der Waals surface area contributed by atoms with Gasteiger partial charge < -0.3 is 15.2 Å². The third kappa shape index (κ3) is 4.54. The van der Waals surface area contributed by atoms with Crippen molar-refractivity contribution in [3.05, 3.63) is 103 Å². The van der Waals surface area contributed by atoms with E-state index in [9.17, 15) is 14.7 Å². The fourth-order valence-corrected chi connectivity index (χ4v) is 5.53. The smallest absolute Gasteiger partial charge is 0.271 e. The van der Waals surface area contributed by atoms with Crippen LogP contribution < -0.4 is 24.9 Å². The van der Waals surface area contributed by atoms with E-state index in [4.69, 9.17) is 4.74 Å². The molecular weight excluding hydrogens is 502 g/mol. The van der Waals surface area contributed by atoms with E-state index in [0.717, 1.165) is 17.8 Å². The zero-order valence-electron chi connectivity index (χ0n) is 21.4. The highest BCUT2D eigenvalue weighted by Gasteiger charge is 2.33. The lowest BCUT2D eigenvalue weighted by molar-refractivity contribution is -0.113. The minimum atomic E-state index is -0.786.